The molecule has 1 aliphatic rings. The highest BCUT2D eigenvalue weighted by Crippen LogP contribution is 2.26. The van der Waals surface area contributed by atoms with E-state index in [1.54, 1.807) is 4.80 Å². The van der Waals surface area contributed by atoms with Crippen molar-refractivity contribution in [3.8, 4) is 0 Å². The lowest BCUT2D eigenvalue weighted by Crippen LogP contribution is -2.32. The molecule has 0 fully saturated rings. The van der Waals surface area contributed by atoms with Crippen LogP contribution in [0.5, 0.6) is 0 Å². The van der Waals surface area contributed by atoms with Crippen molar-refractivity contribution in [2.45, 2.75) is 39.2 Å². The van der Waals surface area contributed by atoms with Crippen LogP contribution < -0.4 is 4.90 Å². The van der Waals surface area contributed by atoms with Gasteiger partial charge in [-0.25, -0.2) is 0 Å². The summed E-state index contributed by atoms with van der Waals surface area (Å²) in [5.74, 6) is 0.853. The second-order valence-electron chi connectivity index (χ2n) is 5.27. The van der Waals surface area contributed by atoms with Crippen LogP contribution in [0, 0.1) is 0 Å². The monoisotopic (exact) mass is 271 g/mol. The molecule has 0 spiro atoms. The average molecular weight is 271 g/mol. The Balaban J connectivity index is 1.64. The number of rotatable bonds is 5. The summed E-state index contributed by atoms with van der Waals surface area (Å²) in [7, 11) is 0. The predicted molar refractivity (Wildman–Crippen MR) is 78.8 cm³/mol. The van der Waals surface area contributed by atoms with Crippen molar-refractivity contribution < 1.29 is 0 Å². The third-order valence-corrected chi connectivity index (χ3v) is 3.74. The molecule has 0 amide bonds. The summed E-state index contributed by atoms with van der Waals surface area (Å²) in [4.78, 5) is 4.16. The molecule has 0 saturated carbocycles. The highest BCUT2D eigenvalue weighted by atomic mass is 15.6. The van der Waals surface area contributed by atoms with Crippen LogP contribution in [0.3, 0.4) is 0 Å². The van der Waals surface area contributed by atoms with Crippen molar-refractivity contribution in [2.75, 3.05) is 18.0 Å². The molecule has 1 aliphatic heterocycles. The Morgan fingerprint density at radius 2 is 2.10 bits per heavy atom. The van der Waals surface area contributed by atoms with Crippen LogP contribution in [0.2, 0.25) is 0 Å². The fraction of sp³-hybridized carbons (Fsp3) is 0.533. The zero-order valence-corrected chi connectivity index (χ0v) is 12.0. The van der Waals surface area contributed by atoms with Crippen LogP contribution >= 0.6 is 0 Å². The van der Waals surface area contributed by atoms with Gasteiger partial charge in [0.15, 0.2) is 5.82 Å². The molecule has 106 valence electrons. The van der Waals surface area contributed by atoms with Crippen LogP contribution in [-0.2, 0) is 19.4 Å². The van der Waals surface area contributed by atoms with Gasteiger partial charge in [0, 0.05) is 25.2 Å². The summed E-state index contributed by atoms with van der Waals surface area (Å²) in [5, 5.41) is 12.6. The SMILES string of the molecule is CCCc1nnn(CCN2CCCc3ccccc32)n1. The van der Waals surface area contributed by atoms with Crippen LogP contribution in [0.25, 0.3) is 0 Å². The third-order valence-electron chi connectivity index (χ3n) is 3.74. The topological polar surface area (TPSA) is 46.8 Å². The molecule has 0 bridgehead atoms. The molecule has 5 heteroatoms. The van der Waals surface area contributed by atoms with Gasteiger partial charge in [-0.1, -0.05) is 25.1 Å². The summed E-state index contributed by atoms with van der Waals surface area (Å²) in [6.07, 6.45) is 4.38. The molecule has 5 nitrogen and oxygen atoms in total. The Morgan fingerprint density at radius 3 is 3.00 bits per heavy atom. The minimum absolute atomic E-state index is 0.797. The zero-order valence-electron chi connectivity index (χ0n) is 12.0. The van der Waals surface area contributed by atoms with Gasteiger partial charge in [0.25, 0.3) is 0 Å². The quantitative estimate of drug-likeness (QED) is 0.835. The molecule has 3 rings (SSSR count). The summed E-state index contributed by atoms with van der Waals surface area (Å²) >= 11 is 0. The van der Waals surface area contributed by atoms with E-state index in [0.29, 0.717) is 0 Å². The van der Waals surface area contributed by atoms with E-state index in [0.717, 1.165) is 38.3 Å². The van der Waals surface area contributed by atoms with E-state index < -0.39 is 0 Å². The minimum atomic E-state index is 0.797. The number of fused-ring (bicyclic) bond motifs is 1. The first-order valence-electron chi connectivity index (χ1n) is 7.46. The number of tetrazole rings is 1. The van der Waals surface area contributed by atoms with Gasteiger partial charge < -0.3 is 4.90 Å². The highest BCUT2D eigenvalue weighted by molar-refractivity contribution is 5.55. The maximum Gasteiger partial charge on any atom is 0.174 e. The van der Waals surface area contributed by atoms with Gasteiger partial charge in [-0.15, -0.1) is 10.2 Å². The molecule has 0 N–H and O–H groups in total. The second kappa shape index (κ2) is 6.03. The van der Waals surface area contributed by atoms with E-state index in [1.807, 2.05) is 0 Å². The molecule has 0 saturated heterocycles. The Bertz CT molecular complexity index is 563. The normalized spacial score (nSPS) is 14.3. The molecule has 2 heterocycles. The standard InChI is InChI=1S/C15H21N5/c1-2-6-15-16-18-20(17-15)12-11-19-10-5-8-13-7-3-4-9-14(13)19/h3-4,7,9H,2,5-6,8,10-12H2,1H3. The van der Waals surface area contributed by atoms with Crippen molar-refractivity contribution in [2.24, 2.45) is 0 Å². The average Bonchev–Trinajstić information content (AvgIpc) is 2.93. The van der Waals surface area contributed by atoms with Crippen LogP contribution in [0.15, 0.2) is 24.3 Å². The van der Waals surface area contributed by atoms with E-state index in [4.69, 9.17) is 0 Å². The lowest BCUT2D eigenvalue weighted by atomic mass is 10.0. The number of anilines is 1. The first kappa shape index (κ1) is 13.1. The summed E-state index contributed by atoms with van der Waals surface area (Å²) in [5.41, 5.74) is 2.82. The lowest BCUT2D eigenvalue weighted by Gasteiger charge is -2.30. The molecule has 0 atom stereocenters. The first-order chi connectivity index (χ1) is 9.86. The number of hydrogen-bond acceptors (Lipinski definition) is 4. The van der Waals surface area contributed by atoms with Gasteiger partial charge in [-0.3, -0.25) is 0 Å². The van der Waals surface area contributed by atoms with E-state index >= 15 is 0 Å². The fourth-order valence-electron chi connectivity index (χ4n) is 2.75. The van der Waals surface area contributed by atoms with Gasteiger partial charge in [0.2, 0.25) is 0 Å². The minimum Gasteiger partial charge on any atom is -0.369 e. The Morgan fingerprint density at radius 1 is 1.20 bits per heavy atom. The van der Waals surface area contributed by atoms with Gasteiger partial charge in [0.05, 0.1) is 6.54 Å². The van der Waals surface area contributed by atoms with Crippen molar-refractivity contribution in [3.05, 3.63) is 35.7 Å². The summed E-state index contributed by atoms with van der Waals surface area (Å²) in [6.45, 7) is 4.99. The molecule has 1 aromatic heterocycles. The maximum atomic E-state index is 4.41. The molecule has 1 aromatic carbocycles. The number of nitrogens with zero attached hydrogens (tertiary/aromatic N) is 5. The molecular weight excluding hydrogens is 250 g/mol. The number of benzene rings is 1. The molecule has 20 heavy (non-hydrogen) atoms. The number of aryl methyl sites for hydroxylation is 2. The Kier molecular flexibility index (Phi) is 3.95. The summed E-state index contributed by atoms with van der Waals surface area (Å²) in [6, 6.07) is 8.68. The molecule has 2 aromatic rings. The van der Waals surface area contributed by atoms with Crippen molar-refractivity contribution >= 4 is 5.69 Å². The van der Waals surface area contributed by atoms with Gasteiger partial charge in [-0.05, 0) is 36.1 Å². The fourth-order valence-corrected chi connectivity index (χ4v) is 2.75. The van der Waals surface area contributed by atoms with Crippen molar-refractivity contribution in [1.29, 1.82) is 0 Å². The van der Waals surface area contributed by atoms with Gasteiger partial charge >= 0.3 is 0 Å². The van der Waals surface area contributed by atoms with Crippen molar-refractivity contribution in [1.82, 2.24) is 20.2 Å². The van der Waals surface area contributed by atoms with E-state index in [1.165, 1.54) is 24.1 Å². The smallest absolute Gasteiger partial charge is 0.174 e. The largest absolute Gasteiger partial charge is 0.369 e. The van der Waals surface area contributed by atoms with Crippen LogP contribution in [-0.4, -0.2) is 33.3 Å². The third kappa shape index (κ3) is 2.81. The van der Waals surface area contributed by atoms with Gasteiger partial charge in [0.1, 0.15) is 0 Å². The molecular formula is C15H21N5. The number of para-hydroxylation sites is 1. The highest BCUT2D eigenvalue weighted by Gasteiger charge is 2.16. The van der Waals surface area contributed by atoms with Crippen molar-refractivity contribution in [3.63, 3.8) is 0 Å². The molecule has 0 unspecified atom stereocenters. The van der Waals surface area contributed by atoms with E-state index in [-0.39, 0.29) is 0 Å². The Labute approximate surface area is 119 Å². The Hall–Kier alpha value is -1.91. The van der Waals surface area contributed by atoms with E-state index in [9.17, 15) is 0 Å². The predicted octanol–water partition coefficient (Wildman–Crippen LogP) is 2.08. The molecule has 0 radical (unpaired) electrons. The first-order valence-corrected chi connectivity index (χ1v) is 7.46. The number of hydrogen-bond donors (Lipinski definition) is 0. The second-order valence-corrected chi connectivity index (χ2v) is 5.27. The van der Waals surface area contributed by atoms with Gasteiger partial charge in [-0.2, -0.15) is 4.80 Å². The lowest BCUT2D eigenvalue weighted by molar-refractivity contribution is 0.508. The number of aromatic nitrogens is 4. The van der Waals surface area contributed by atoms with Crippen LogP contribution in [0.1, 0.15) is 31.2 Å². The zero-order chi connectivity index (χ0) is 13.8. The van der Waals surface area contributed by atoms with E-state index in [2.05, 4.69) is 51.5 Å². The maximum absolute atomic E-state index is 4.41. The van der Waals surface area contributed by atoms with Crippen LogP contribution in [0.4, 0.5) is 5.69 Å². The molecule has 0 aliphatic carbocycles. The summed E-state index contributed by atoms with van der Waals surface area (Å²) < 4.78 is 0.